The van der Waals surface area contributed by atoms with Crippen molar-refractivity contribution in [1.82, 2.24) is 5.32 Å². The molecule has 0 saturated carbocycles. The van der Waals surface area contributed by atoms with E-state index >= 15 is 0 Å². The Balaban J connectivity index is 0.000000982. The Labute approximate surface area is 114 Å². The first-order valence-electron chi connectivity index (χ1n) is 5.49. The predicted molar refractivity (Wildman–Crippen MR) is 70.9 cm³/mol. The fourth-order valence-electron chi connectivity index (χ4n) is 1.31. The summed E-state index contributed by atoms with van der Waals surface area (Å²) < 4.78 is 0. The summed E-state index contributed by atoms with van der Waals surface area (Å²) in [6.07, 6.45) is 0.190. The molecule has 104 valence electrons. The Morgan fingerprint density at radius 2 is 1.79 bits per heavy atom. The Hall–Kier alpha value is -1.86. The molecule has 0 fully saturated rings. The number of aromatic hydroxyl groups is 1. The molecule has 2 radical (unpaired) electrons. The number of carboxylic acid groups (broad SMARTS) is 1. The third kappa shape index (κ3) is 7.95. The van der Waals surface area contributed by atoms with Crippen LogP contribution in [0.1, 0.15) is 12.5 Å². The number of benzene rings is 1. The molecule has 0 aliphatic heterocycles. The number of carbonyl (C=O) groups excluding carboxylic acids is 1. The minimum atomic E-state index is -1.08. The van der Waals surface area contributed by atoms with Crippen LogP contribution >= 0.6 is 0 Å². The van der Waals surface area contributed by atoms with Gasteiger partial charge >= 0.3 is 5.97 Å². The second-order valence-electron chi connectivity index (χ2n) is 3.69. The van der Waals surface area contributed by atoms with Crippen LogP contribution < -0.4 is 5.32 Å². The molecule has 1 aromatic carbocycles. The first-order valence-corrected chi connectivity index (χ1v) is 6.94. The van der Waals surface area contributed by atoms with Gasteiger partial charge in [-0.25, -0.2) is 4.79 Å². The van der Waals surface area contributed by atoms with Gasteiger partial charge in [-0.3, -0.25) is 4.79 Å². The molecule has 4 N–H and O–H groups in total. The molecule has 1 rings (SSSR count). The summed E-state index contributed by atoms with van der Waals surface area (Å²) in [6, 6.07) is 5.24. The average Bonchev–Trinajstić information content (AvgIpc) is 2.31. The van der Waals surface area contributed by atoms with Crippen molar-refractivity contribution >= 4 is 21.6 Å². The van der Waals surface area contributed by atoms with E-state index in [0.717, 1.165) is 5.56 Å². The van der Waals surface area contributed by atoms with Crippen LogP contribution in [0.2, 0.25) is 6.55 Å². The first kappa shape index (κ1) is 17.1. The SMILES string of the molecule is CC(=O)NC(Cc1ccc(O)cc1)C(=O)O.C[Si]O. The van der Waals surface area contributed by atoms with Crippen LogP contribution in [0, 0.1) is 0 Å². The van der Waals surface area contributed by atoms with Gasteiger partial charge in [0.1, 0.15) is 11.8 Å². The van der Waals surface area contributed by atoms with Crippen LogP contribution in [0.4, 0.5) is 0 Å². The van der Waals surface area contributed by atoms with Gasteiger partial charge in [-0.1, -0.05) is 12.1 Å². The summed E-state index contributed by atoms with van der Waals surface area (Å²) in [5.74, 6) is -1.34. The van der Waals surface area contributed by atoms with Crippen LogP contribution in [0.25, 0.3) is 0 Å². The zero-order valence-electron chi connectivity index (χ0n) is 10.8. The number of carboxylic acids is 1. The number of amides is 1. The van der Waals surface area contributed by atoms with Crippen molar-refractivity contribution in [3.63, 3.8) is 0 Å². The molecule has 0 spiro atoms. The fraction of sp³-hybridized carbons (Fsp3) is 0.333. The van der Waals surface area contributed by atoms with Crippen molar-refractivity contribution in [3.8, 4) is 5.75 Å². The van der Waals surface area contributed by atoms with Gasteiger partial charge in [0.2, 0.25) is 15.7 Å². The Morgan fingerprint density at radius 3 is 2.16 bits per heavy atom. The van der Waals surface area contributed by atoms with Gasteiger partial charge in [0.15, 0.2) is 0 Å². The van der Waals surface area contributed by atoms with Crippen LogP contribution in [0.3, 0.4) is 0 Å². The van der Waals surface area contributed by atoms with Gasteiger partial charge in [0.05, 0.1) is 0 Å². The second kappa shape index (κ2) is 9.12. The minimum absolute atomic E-state index is 0.0833. The molecule has 7 heteroatoms. The van der Waals surface area contributed by atoms with Crippen molar-refractivity contribution in [2.24, 2.45) is 0 Å². The predicted octanol–water partition coefficient (Wildman–Crippen LogP) is 0.170. The van der Waals surface area contributed by atoms with Crippen LogP contribution in [0.15, 0.2) is 24.3 Å². The number of aliphatic carboxylic acids is 1. The molecule has 19 heavy (non-hydrogen) atoms. The summed E-state index contributed by atoms with van der Waals surface area (Å²) in [5, 5.41) is 20.3. The molecule has 0 aromatic heterocycles. The maximum absolute atomic E-state index is 10.8. The Kier molecular flexibility index (Phi) is 8.22. The van der Waals surface area contributed by atoms with Crippen molar-refractivity contribution in [2.75, 3.05) is 0 Å². The molecule has 1 unspecified atom stereocenters. The molecule has 6 nitrogen and oxygen atoms in total. The third-order valence-corrected chi connectivity index (χ3v) is 2.05. The number of carbonyl (C=O) groups is 2. The van der Waals surface area contributed by atoms with Gasteiger partial charge in [0.25, 0.3) is 0 Å². The molecule has 0 heterocycles. The lowest BCUT2D eigenvalue weighted by atomic mass is 10.1. The van der Waals surface area contributed by atoms with Crippen molar-refractivity contribution in [2.45, 2.75) is 25.9 Å². The van der Waals surface area contributed by atoms with Gasteiger partial charge < -0.3 is 20.3 Å². The number of rotatable bonds is 4. The standard InChI is InChI=1S/C11H13NO4.CH4OSi/c1-7(13)12-10(11(15)16)6-8-2-4-9(14)5-3-8;1-3-2/h2-5,10,14H,6H2,1H3,(H,12,13)(H,15,16);2H,1H3. The van der Waals surface area contributed by atoms with E-state index in [0.29, 0.717) is 0 Å². The van der Waals surface area contributed by atoms with Crippen LogP contribution in [-0.4, -0.2) is 42.7 Å². The molecular weight excluding hydrogens is 266 g/mol. The molecule has 1 atom stereocenters. The van der Waals surface area contributed by atoms with Crippen LogP contribution in [-0.2, 0) is 16.0 Å². The second-order valence-corrected chi connectivity index (χ2v) is 4.13. The first-order chi connectivity index (χ1) is 8.90. The highest BCUT2D eigenvalue weighted by molar-refractivity contribution is 6.22. The molecule has 1 aromatic rings. The number of nitrogens with one attached hydrogen (secondary N) is 1. The summed E-state index contributed by atoms with van der Waals surface area (Å²) in [7, 11) is 0.0833. The highest BCUT2D eigenvalue weighted by atomic mass is 28.2. The minimum Gasteiger partial charge on any atom is -0.508 e. The van der Waals surface area contributed by atoms with E-state index in [1.54, 1.807) is 18.7 Å². The van der Waals surface area contributed by atoms with Gasteiger partial charge in [-0.05, 0) is 24.2 Å². The van der Waals surface area contributed by atoms with E-state index in [9.17, 15) is 9.59 Å². The van der Waals surface area contributed by atoms with Gasteiger partial charge in [-0.15, -0.1) is 0 Å². The molecule has 1 amide bonds. The summed E-state index contributed by atoms with van der Waals surface area (Å²) in [4.78, 5) is 29.2. The monoisotopic (exact) mass is 283 g/mol. The average molecular weight is 283 g/mol. The zero-order chi connectivity index (χ0) is 14.8. The quantitative estimate of drug-likeness (QED) is 0.589. The van der Waals surface area contributed by atoms with E-state index in [-0.39, 0.29) is 27.8 Å². The lowest BCUT2D eigenvalue weighted by Gasteiger charge is -2.13. The Bertz CT molecular complexity index is 407. The van der Waals surface area contributed by atoms with E-state index < -0.39 is 12.0 Å². The maximum Gasteiger partial charge on any atom is 0.326 e. The normalized spacial score (nSPS) is 10.9. The van der Waals surface area contributed by atoms with E-state index in [1.807, 2.05) is 0 Å². The highest BCUT2D eigenvalue weighted by Gasteiger charge is 2.18. The van der Waals surface area contributed by atoms with Crippen molar-refractivity contribution < 1.29 is 24.6 Å². The number of phenols is 1. The molecule has 0 aliphatic rings. The number of hydrogen-bond donors (Lipinski definition) is 4. The maximum atomic E-state index is 10.8. The lowest BCUT2D eigenvalue weighted by molar-refractivity contribution is -0.141. The fourth-order valence-corrected chi connectivity index (χ4v) is 1.31. The third-order valence-electron chi connectivity index (χ3n) is 2.05. The van der Waals surface area contributed by atoms with Crippen molar-refractivity contribution in [1.29, 1.82) is 0 Å². The number of hydrogen-bond acceptors (Lipinski definition) is 4. The van der Waals surface area contributed by atoms with E-state index in [4.69, 9.17) is 15.0 Å². The molecule has 0 aliphatic carbocycles. The summed E-state index contributed by atoms with van der Waals surface area (Å²) in [6.45, 7) is 2.98. The van der Waals surface area contributed by atoms with Gasteiger partial charge in [0, 0.05) is 13.3 Å². The summed E-state index contributed by atoms with van der Waals surface area (Å²) in [5.41, 5.74) is 0.735. The van der Waals surface area contributed by atoms with E-state index in [1.165, 1.54) is 19.1 Å². The highest BCUT2D eigenvalue weighted by Crippen LogP contribution is 2.11. The molecule has 0 bridgehead atoms. The van der Waals surface area contributed by atoms with Crippen LogP contribution in [0.5, 0.6) is 5.75 Å². The topological polar surface area (TPSA) is 107 Å². The largest absolute Gasteiger partial charge is 0.508 e. The smallest absolute Gasteiger partial charge is 0.326 e. The zero-order valence-corrected chi connectivity index (χ0v) is 11.8. The van der Waals surface area contributed by atoms with Crippen molar-refractivity contribution in [3.05, 3.63) is 29.8 Å². The summed E-state index contributed by atoms with van der Waals surface area (Å²) >= 11 is 0. The Morgan fingerprint density at radius 1 is 1.32 bits per heavy atom. The lowest BCUT2D eigenvalue weighted by Crippen LogP contribution is -2.41. The van der Waals surface area contributed by atoms with E-state index in [2.05, 4.69) is 5.32 Å². The number of phenolic OH excluding ortho intramolecular Hbond substituents is 1. The van der Waals surface area contributed by atoms with Gasteiger partial charge in [-0.2, -0.15) is 0 Å². The molecular formula is C12H17NO5Si. The molecule has 0 saturated heterocycles.